The van der Waals surface area contributed by atoms with Crippen molar-refractivity contribution in [3.63, 3.8) is 0 Å². The molecule has 0 saturated carbocycles. The maximum absolute atomic E-state index is 6.16. The summed E-state index contributed by atoms with van der Waals surface area (Å²) in [6.45, 7) is 3.66. The molecule has 0 aliphatic carbocycles. The normalized spacial score (nSPS) is 11.5. The molecule has 0 aliphatic heterocycles. The number of fused-ring (bicyclic) bond motifs is 1. The van der Waals surface area contributed by atoms with Crippen LogP contribution in [0.2, 0.25) is 10.0 Å². The Hall–Kier alpha value is -1.97. The number of hydrogen-bond acceptors (Lipinski definition) is 2. The molecule has 0 saturated heterocycles. The summed E-state index contributed by atoms with van der Waals surface area (Å²) in [6.07, 6.45) is 5.08. The highest BCUT2D eigenvalue weighted by atomic mass is 35.5. The number of nitrogens with one attached hydrogen (secondary N) is 1. The molecule has 124 valence electrons. The first-order valence-corrected chi connectivity index (χ1v) is 8.73. The molecule has 0 atom stereocenters. The Morgan fingerprint density at radius 2 is 1.83 bits per heavy atom. The largest absolute Gasteiger partial charge is 0.347 e. The van der Waals surface area contributed by atoms with E-state index in [-0.39, 0.29) is 0 Å². The molecule has 0 fully saturated rings. The number of hydrazone groups is 1. The van der Waals surface area contributed by atoms with E-state index in [2.05, 4.69) is 46.4 Å². The Morgan fingerprint density at radius 1 is 1.08 bits per heavy atom. The molecule has 5 heteroatoms. The highest BCUT2D eigenvalue weighted by Crippen LogP contribution is 2.24. The highest BCUT2D eigenvalue weighted by molar-refractivity contribution is 6.35. The van der Waals surface area contributed by atoms with Crippen LogP contribution >= 0.6 is 23.2 Å². The number of para-hydroxylation sites is 1. The molecule has 1 aromatic heterocycles. The number of rotatable bonds is 6. The van der Waals surface area contributed by atoms with Crippen LogP contribution < -0.4 is 5.43 Å². The zero-order valence-corrected chi connectivity index (χ0v) is 15.0. The predicted molar refractivity (Wildman–Crippen MR) is 103 cm³/mol. The minimum Gasteiger partial charge on any atom is -0.347 e. The molecule has 0 spiro atoms. The lowest BCUT2D eigenvalue weighted by Crippen LogP contribution is -2.06. The Morgan fingerprint density at radius 3 is 2.58 bits per heavy atom. The number of benzene rings is 2. The number of halogens is 2. The van der Waals surface area contributed by atoms with E-state index >= 15 is 0 Å². The van der Waals surface area contributed by atoms with E-state index in [1.807, 2.05) is 30.5 Å². The molecule has 0 amide bonds. The lowest BCUT2D eigenvalue weighted by molar-refractivity contribution is 0.703. The average Bonchev–Trinajstić information content (AvgIpc) is 2.92. The van der Waals surface area contributed by atoms with Crippen molar-refractivity contribution in [1.82, 2.24) is 9.99 Å². The van der Waals surface area contributed by atoms with Crippen LogP contribution in [0.15, 0.2) is 53.8 Å². The molecule has 24 heavy (non-hydrogen) atoms. The van der Waals surface area contributed by atoms with Crippen LogP contribution in [-0.2, 0) is 13.1 Å². The summed E-state index contributed by atoms with van der Waals surface area (Å²) in [5, 5.41) is 6.82. The van der Waals surface area contributed by atoms with Crippen LogP contribution in [0.3, 0.4) is 0 Å². The van der Waals surface area contributed by atoms with Gasteiger partial charge in [-0.2, -0.15) is 5.10 Å². The van der Waals surface area contributed by atoms with Gasteiger partial charge >= 0.3 is 0 Å². The molecular formula is C19H19Cl2N3. The van der Waals surface area contributed by atoms with Crippen molar-refractivity contribution in [1.29, 1.82) is 0 Å². The van der Waals surface area contributed by atoms with Gasteiger partial charge < -0.3 is 9.99 Å². The van der Waals surface area contributed by atoms with Gasteiger partial charge in [-0.15, -0.1) is 0 Å². The quantitative estimate of drug-likeness (QED) is 0.458. The van der Waals surface area contributed by atoms with E-state index in [4.69, 9.17) is 23.2 Å². The third-order valence-corrected chi connectivity index (χ3v) is 4.60. The molecular weight excluding hydrogens is 341 g/mol. The van der Waals surface area contributed by atoms with E-state index in [1.165, 1.54) is 10.9 Å². The zero-order chi connectivity index (χ0) is 16.9. The molecule has 3 aromatic rings. The summed E-state index contributed by atoms with van der Waals surface area (Å²) in [5.74, 6) is 0. The SMILES string of the molecule is CCCn1cc(/C=N\NCc2c(Cl)cccc2Cl)c2ccccc21. The summed E-state index contributed by atoms with van der Waals surface area (Å²) in [4.78, 5) is 0. The minimum absolute atomic E-state index is 0.489. The van der Waals surface area contributed by atoms with Gasteiger partial charge in [0.1, 0.15) is 0 Å². The van der Waals surface area contributed by atoms with E-state index in [0.29, 0.717) is 16.6 Å². The Balaban J connectivity index is 1.76. The average molecular weight is 360 g/mol. The van der Waals surface area contributed by atoms with Crippen LogP contribution in [0, 0.1) is 0 Å². The second-order valence-electron chi connectivity index (χ2n) is 5.59. The molecule has 0 unspecified atom stereocenters. The lowest BCUT2D eigenvalue weighted by Gasteiger charge is -2.05. The second-order valence-corrected chi connectivity index (χ2v) is 6.40. The third kappa shape index (κ3) is 3.58. The summed E-state index contributed by atoms with van der Waals surface area (Å²) in [7, 11) is 0. The van der Waals surface area contributed by atoms with Gasteiger partial charge in [0.25, 0.3) is 0 Å². The summed E-state index contributed by atoms with van der Waals surface area (Å²) in [5.41, 5.74) is 6.21. The first-order valence-electron chi connectivity index (χ1n) is 7.97. The highest BCUT2D eigenvalue weighted by Gasteiger charge is 2.06. The first kappa shape index (κ1) is 16.9. The fourth-order valence-electron chi connectivity index (χ4n) is 2.75. The molecule has 0 aliphatic rings. The van der Waals surface area contributed by atoms with Gasteiger partial charge in [-0.25, -0.2) is 0 Å². The van der Waals surface area contributed by atoms with Gasteiger partial charge in [0.05, 0.1) is 12.8 Å². The smallest absolute Gasteiger partial charge is 0.0609 e. The Kier molecular flexibility index (Phi) is 5.44. The third-order valence-electron chi connectivity index (χ3n) is 3.90. The van der Waals surface area contributed by atoms with Crippen molar-refractivity contribution < 1.29 is 0 Å². The van der Waals surface area contributed by atoms with Gasteiger partial charge in [0, 0.05) is 44.8 Å². The number of aryl methyl sites for hydroxylation is 1. The maximum atomic E-state index is 6.16. The van der Waals surface area contributed by atoms with E-state index in [0.717, 1.165) is 24.1 Å². The summed E-state index contributed by atoms with van der Waals surface area (Å²) in [6, 6.07) is 13.9. The molecule has 1 heterocycles. The van der Waals surface area contributed by atoms with Crippen molar-refractivity contribution in [2.45, 2.75) is 26.4 Å². The van der Waals surface area contributed by atoms with Crippen LogP contribution in [-0.4, -0.2) is 10.8 Å². The van der Waals surface area contributed by atoms with E-state index in [1.54, 1.807) is 0 Å². The second kappa shape index (κ2) is 7.73. The van der Waals surface area contributed by atoms with Gasteiger partial charge in [0.15, 0.2) is 0 Å². The number of nitrogens with zero attached hydrogens (tertiary/aromatic N) is 2. The Labute approximate surface area is 151 Å². The predicted octanol–water partition coefficient (Wildman–Crippen LogP) is 5.48. The standard InChI is InChI=1S/C19H19Cl2N3/c1-2-10-24-13-14(15-6-3-4-9-19(15)24)11-22-23-12-16-17(20)7-5-8-18(16)21/h3-9,11,13,23H,2,10,12H2,1H3/b22-11-. The molecule has 0 bridgehead atoms. The summed E-state index contributed by atoms with van der Waals surface area (Å²) < 4.78 is 2.27. The fourth-order valence-corrected chi connectivity index (χ4v) is 3.28. The molecule has 2 aromatic carbocycles. The fraction of sp³-hybridized carbons (Fsp3) is 0.211. The van der Waals surface area contributed by atoms with E-state index < -0.39 is 0 Å². The number of aromatic nitrogens is 1. The monoisotopic (exact) mass is 359 g/mol. The van der Waals surface area contributed by atoms with Crippen LogP contribution in [0.4, 0.5) is 0 Å². The summed E-state index contributed by atoms with van der Waals surface area (Å²) >= 11 is 12.3. The van der Waals surface area contributed by atoms with E-state index in [9.17, 15) is 0 Å². The van der Waals surface area contributed by atoms with Crippen molar-refractivity contribution in [2.24, 2.45) is 5.10 Å². The molecule has 3 nitrogen and oxygen atoms in total. The van der Waals surface area contributed by atoms with Gasteiger partial charge in [-0.3, -0.25) is 0 Å². The van der Waals surface area contributed by atoms with Crippen LogP contribution in [0.5, 0.6) is 0 Å². The number of hydrogen-bond donors (Lipinski definition) is 1. The molecule has 0 radical (unpaired) electrons. The van der Waals surface area contributed by atoms with Crippen LogP contribution in [0.1, 0.15) is 24.5 Å². The van der Waals surface area contributed by atoms with Gasteiger partial charge in [-0.05, 0) is 24.6 Å². The van der Waals surface area contributed by atoms with Crippen molar-refractivity contribution in [3.8, 4) is 0 Å². The molecule has 3 rings (SSSR count). The van der Waals surface area contributed by atoms with Gasteiger partial charge in [-0.1, -0.05) is 54.4 Å². The maximum Gasteiger partial charge on any atom is 0.0609 e. The van der Waals surface area contributed by atoms with Crippen molar-refractivity contribution in [3.05, 3.63) is 69.8 Å². The first-order chi connectivity index (χ1) is 11.7. The van der Waals surface area contributed by atoms with Gasteiger partial charge in [0.2, 0.25) is 0 Å². The minimum atomic E-state index is 0.489. The molecule has 1 N–H and O–H groups in total. The topological polar surface area (TPSA) is 29.3 Å². The Bertz CT molecular complexity index is 848. The van der Waals surface area contributed by atoms with Crippen molar-refractivity contribution in [2.75, 3.05) is 0 Å². The van der Waals surface area contributed by atoms with Crippen molar-refractivity contribution >= 4 is 40.3 Å². The lowest BCUT2D eigenvalue weighted by atomic mass is 10.2. The zero-order valence-electron chi connectivity index (χ0n) is 13.5. The van der Waals surface area contributed by atoms with Crippen LogP contribution in [0.25, 0.3) is 10.9 Å².